The molecule has 98 valence electrons. The van der Waals surface area contributed by atoms with Crippen molar-refractivity contribution in [3.63, 3.8) is 0 Å². The molecule has 3 aromatic rings. The van der Waals surface area contributed by atoms with E-state index in [0.717, 1.165) is 3.57 Å². The lowest BCUT2D eigenvalue weighted by Crippen LogP contribution is -1.98. The second-order valence-corrected chi connectivity index (χ2v) is 5.03. The van der Waals surface area contributed by atoms with Gasteiger partial charge in [0.15, 0.2) is 11.4 Å². The Morgan fingerprint density at radius 1 is 1.30 bits per heavy atom. The maximum atomic E-state index is 8.90. The van der Waals surface area contributed by atoms with Gasteiger partial charge < -0.3 is 15.5 Å². The van der Waals surface area contributed by atoms with Gasteiger partial charge in [0.2, 0.25) is 5.88 Å². The zero-order chi connectivity index (χ0) is 14.1. The van der Waals surface area contributed by atoms with E-state index in [4.69, 9.17) is 15.7 Å². The average molecular weight is 378 g/mol. The normalized spacial score (nSPS) is 10.4. The Labute approximate surface area is 127 Å². The van der Waals surface area contributed by atoms with Crippen LogP contribution in [0.15, 0.2) is 24.8 Å². The third-order valence-corrected chi connectivity index (χ3v) is 3.39. The molecule has 20 heavy (non-hydrogen) atoms. The smallest absolute Gasteiger partial charge is 0.248 e. The standard InChI is InChI=1S/C12H7IN6O/c13-7-1-6(3-14)2-8(15)10(7)20-12-9-11(17-4-16-9)18-5-19-12/h1-2,4-5H,15H2,(H,16,17,18,19). The van der Waals surface area contributed by atoms with Crippen LogP contribution in [0.5, 0.6) is 11.6 Å². The predicted molar refractivity (Wildman–Crippen MR) is 80.0 cm³/mol. The molecule has 0 aliphatic heterocycles. The first-order chi connectivity index (χ1) is 9.69. The second-order valence-electron chi connectivity index (χ2n) is 3.87. The van der Waals surface area contributed by atoms with E-state index in [1.165, 1.54) is 12.7 Å². The summed E-state index contributed by atoms with van der Waals surface area (Å²) in [5.41, 5.74) is 7.87. The number of hydrogen-bond acceptors (Lipinski definition) is 6. The molecule has 3 N–H and O–H groups in total. The number of nitrogens with one attached hydrogen (secondary N) is 1. The molecule has 0 radical (unpaired) electrons. The average Bonchev–Trinajstić information content (AvgIpc) is 2.91. The van der Waals surface area contributed by atoms with Crippen LogP contribution in [0.3, 0.4) is 0 Å². The van der Waals surface area contributed by atoms with Crippen molar-refractivity contribution >= 4 is 39.4 Å². The number of anilines is 1. The van der Waals surface area contributed by atoms with Crippen LogP contribution in [0, 0.1) is 14.9 Å². The number of nitrogen functional groups attached to an aromatic ring is 1. The highest BCUT2D eigenvalue weighted by molar-refractivity contribution is 14.1. The number of aromatic nitrogens is 4. The number of nitrogens with zero attached hydrogens (tertiary/aromatic N) is 4. The number of nitriles is 1. The fourth-order valence-electron chi connectivity index (χ4n) is 1.70. The minimum absolute atomic E-state index is 0.335. The van der Waals surface area contributed by atoms with E-state index in [0.29, 0.717) is 34.0 Å². The number of rotatable bonds is 2. The molecule has 3 rings (SSSR count). The summed E-state index contributed by atoms with van der Waals surface area (Å²) in [4.78, 5) is 15.0. The molecule has 0 bridgehead atoms. The molecule has 0 saturated carbocycles. The van der Waals surface area contributed by atoms with Gasteiger partial charge >= 0.3 is 0 Å². The van der Waals surface area contributed by atoms with Crippen molar-refractivity contribution in [3.8, 4) is 17.7 Å². The van der Waals surface area contributed by atoms with E-state index < -0.39 is 0 Å². The molecule has 7 nitrogen and oxygen atoms in total. The summed E-state index contributed by atoms with van der Waals surface area (Å²) in [5.74, 6) is 0.793. The van der Waals surface area contributed by atoms with Crippen molar-refractivity contribution in [2.45, 2.75) is 0 Å². The van der Waals surface area contributed by atoms with Crippen LogP contribution < -0.4 is 10.5 Å². The molecule has 0 spiro atoms. The van der Waals surface area contributed by atoms with E-state index in [2.05, 4.69) is 42.5 Å². The van der Waals surface area contributed by atoms with Crippen LogP contribution >= 0.6 is 22.6 Å². The van der Waals surface area contributed by atoms with Crippen molar-refractivity contribution in [1.82, 2.24) is 19.9 Å². The molecule has 1 aromatic carbocycles. The first kappa shape index (κ1) is 12.6. The molecule has 0 unspecified atom stereocenters. The number of aromatic amines is 1. The maximum absolute atomic E-state index is 8.90. The van der Waals surface area contributed by atoms with Gasteiger partial charge in [0.05, 0.1) is 27.2 Å². The number of benzene rings is 1. The number of ether oxygens (including phenoxy) is 1. The maximum Gasteiger partial charge on any atom is 0.248 e. The summed E-state index contributed by atoms with van der Waals surface area (Å²) >= 11 is 2.06. The van der Waals surface area contributed by atoms with Gasteiger partial charge in [0.25, 0.3) is 0 Å². The van der Waals surface area contributed by atoms with E-state index in [9.17, 15) is 0 Å². The van der Waals surface area contributed by atoms with Crippen LogP contribution in [-0.4, -0.2) is 19.9 Å². The molecular weight excluding hydrogens is 371 g/mol. The van der Waals surface area contributed by atoms with Crippen LogP contribution in [0.1, 0.15) is 5.56 Å². The van der Waals surface area contributed by atoms with Crippen molar-refractivity contribution in [2.75, 3.05) is 5.73 Å². The largest absolute Gasteiger partial charge is 0.434 e. The monoisotopic (exact) mass is 378 g/mol. The van der Waals surface area contributed by atoms with Crippen LogP contribution in [-0.2, 0) is 0 Å². The Bertz CT molecular complexity index is 814. The van der Waals surface area contributed by atoms with E-state index in [1.807, 2.05) is 6.07 Å². The van der Waals surface area contributed by atoms with Gasteiger partial charge in [-0.05, 0) is 34.7 Å². The molecule has 0 aliphatic rings. The minimum atomic E-state index is 0.335. The Morgan fingerprint density at radius 3 is 2.90 bits per heavy atom. The number of fused-ring (bicyclic) bond motifs is 1. The van der Waals surface area contributed by atoms with Gasteiger partial charge in [0.1, 0.15) is 11.8 Å². The van der Waals surface area contributed by atoms with Crippen molar-refractivity contribution in [3.05, 3.63) is 33.9 Å². The van der Waals surface area contributed by atoms with Gasteiger partial charge in [-0.3, -0.25) is 0 Å². The first-order valence-corrected chi connectivity index (χ1v) is 6.58. The number of halogens is 1. The van der Waals surface area contributed by atoms with Crippen LogP contribution in [0.4, 0.5) is 5.69 Å². The second kappa shape index (κ2) is 4.93. The van der Waals surface area contributed by atoms with Gasteiger partial charge in [-0.15, -0.1) is 0 Å². The zero-order valence-electron chi connectivity index (χ0n) is 9.96. The minimum Gasteiger partial charge on any atom is -0.434 e. The quantitative estimate of drug-likeness (QED) is 0.522. The van der Waals surface area contributed by atoms with Crippen LogP contribution in [0.25, 0.3) is 11.2 Å². The fraction of sp³-hybridized carbons (Fsp3) is 0. The van der Waals surface area contributed by atoms with E-state index in [1.54, 1.807) is 12.1 Å². The third-order valence-electron chi connectivity index (χ3n) is 2.59. The third kappa shape index (κ3) is 2.12. The molecular formula is C12H7IN6O. The van der Waals surface area contributed by atoms with E-state index >= 15 is 0 Å². The molecule has 0 amide bonds. The lowest BCUT2D eigenvalue weighted by molar-refractivity contribution is 0.466. The topological polar surface area (TPSA) is 114 Å². The van der Waals surface area contributed by atoms with Crippen molar-refractivity contribution in [1.29, 1.82) is 5.26 Å². The summed E-state index contributed by atoms with van der Waals surface area (Å²) < 4.78 is 6.47. The van der Waals surface area contributed by atoms with Crippen LogP contribution in [0.2, 0.25) is 0 Å². The molecule has 8 heteroatoms. The molecule has 2 aromatic heterocycles. The lowest BCUT2D eigenvalue weighted by Gasteiger charge is -2.10. The summed E-state index contributed by atoms with van der Waals surface area (Å²) in [7, 11) is 0. The fourth-order valence-corrected chi connectivity index (χ4v) is 2.46. The number of nitrogens with two attached hydrogens (primary N) is 1. The molecule has 2 heterocycles. The Balaban J connectivity index is 2.08. The Kier molecular flexibility index (Phi) is 3.11. The number of imidazole rings is 1. The summed E-state index contributed by atoms with van der Waals surface area (Å²) in [6.07, 6.45) is 2.88. The summed E-state index contributed by atoms with van der Waals surface area (Å²) in [6.45, 7) is 0. The number of H-pyrrole nitrogens is 1. The molecule has 0 fully saturated rings. The highest BCUT2D eigenvalue weighted by Crippen LogP contribution is 2.34. The highest BCUT2D eigenvalue weighted by Gasteiger charge is 2.13. The predicted octanol–water partition coefficient (Wildman–Crippen LogP) is 2.20. The zero-order valence-corrected chi connectivity index (χ0v) is 12.1. The van der Waals surface area contributed by atoms with Gasteiger partial charge in [-0.2, -0.15) is 10.2 Å². The SMILES string of the molecule is N#Cc1cc(N)c(Oc2ncnc3nc[nH]c23)c(I)c1. The molecule has 0 saturated heterocycles. The Hall–Kier alpha value is -2.41. The Morgan fingerprint density at radius 2 is 2.15 bits per heavy atom. The van der Waals surface area contributed by atoms with Crippen molar-refractivity contribution < 1.29 is 4.74 Å². The first-order valence-electron chi connectivity index (χ1n) is 5.50. The lowest BCUT2D eigenvalue weighted by atomic mass is 10.2. The highest BCUT2D eigenvalue weighted by atomic mass is 127. The van der Waals surface area contributed by atoms with Gasteiger partial charge in [-0.1, -0.05) is 0 Å². The molecule has 0 atom stereocenters. The van der Waals surface area contributed by atoms with Crippen molar-refractivity contribution in [2.24, 2.45) is 0 Å². The van der Waals surface area contributed by atoms with Gasteiger partial charge in [0, 0.05) is 0 Å². The summed E-state index contributed by atoms with van der Waals surface area (Å²) in [5, 5.41) is 8.90. The molecule has 0 aliphatic carbocycles. The number of hydrogen-bond donors (Lipinski definition) is 2. The summed E-state index contributed by atoms with van der Waals surface area (Å²) in [6, 6.07) is 5.29. The van der Waals surface area contributed by atoms with E-state index in [-0.39, 0.29) is 0 Å². The van der Waals surface area contributed by atoms with Gasteiger partial charge in [-0.25, -0.2) is 9.97 Å².